The smallest absolute Gasteiger partial charge is 0.260 e. The van der Waals surface area contributed by atoms with Crippen molar-refractivity contribution < 1.29 is 14.3 Å². The fourth-order valence-electron chi connectivity index (χ4n) is 3.86. The Kier molecular flexibility index (Phi) is 7.66. The van der Waals surface area contributed by atoms with Crippen LogP contribution in [-0.4, -0.2) is 36.8 Å². The predicted octanol–water partition coefficient (Wildman–Crippen LogP) is 6.65. The number of fused-ring (bicyclic) bond motifs is 1. The lowest BCUT2D eigenvalue weighted by Gasteiger charge is -2.23. The first-order chi connectivity index (χ1) is 15.6. The minimum absolute atomic E-state index is 0.0177. The summed E-state index contributed by atoms with van der Waals surface area (Å²) in [5, 5.41) is 1.35. The van der Waals surface area contributed by atoms with E-state index in [0.29, 0.717) is 28.9 Å². The molecular weight excluding hydrogens is 444 g/mol. The minimum atomic E-state index is -0.0951. The van der Waals surface area contributed by atoms with Gasteiger partial charge in [0.15, 0.2) is 5.13 Å². The number of ether oxygens (including phenoxy) is 2. The third-order valence-corrected chi connectivity index (χ3v) is 7.17. The first-order valence-corrected chi connectivity index (χ1v) is 12.5. The Morgan fingerprint density at radius 2 is 2.19 bits per heavy atom. The Labute approximate surface area is 198 Å². The van der Waals surface area contributed by atoms with Crippen molar-refractivity contribution in [1.29, 1.82) is 0 Å². The lowest BCUT2D eigenvalue weighted by atomic mass is 10.1. The van der Waals surface area contributed by atoms with E-state index in [0.717, 1.165) is 60.2 Å². The fraction of sp³-hybridized carbons (Fsp3) is 0.440. The van der Waals surface area contributed by atoms with Crippen LogP contribution in [0, 0.1) is 6.92 Å². The summed E-state index contributed by atoms with van der Waals surface area (Å²) in [7, 11) is 0. The number of hydrogen-bond acceptors (Lipinski definition) is 5. The Morgan fingerprint density at radius 3 is 2.97 bits per heavy atom. The largest absolute Gasteiger partial charge is 0.494 e. The van der Waals surface area contributed by atoms with Crippen molar-refractivity contribution in [2.45, 2.75) is 52.1 Å². The number of hydrogen-bond donors (Lipinski definition) is 0. The lowest BCUT2D eigenvalue weighted by molar-refractivity contribution is 0.0917. The molecule has 1 saturated heterocycles. The molecule has 5 nitrogen and oxygen atoms in total. The number of amides is 1. The summed E-state index contributed by atoms with van der Waals surface area (Å²) in [6.45, 7) is 6.00. The molecule has 2 aromatic carbocycles. The Morgan fingerprint density at radius 1 is 1.31 bits per heavy atom. The number of halogens is 1. The summed E-state index contributed by atoms with van der Waals surface area (Å²) in [4.78, 5) is 20.2. The van der Waals surface area contributed by atoms with E-state index in [1.54, 1.807) is 4.90 Å². The molecule has 0 aliphatic carbocycles. The summed E-state index contributed by atoms with van der Waals surface area (Å²) in [5.74, 6) is 0.623. The van der Waals surface area contributed by atoms with Gasteiger partial charge in [0.25, 0.3) is 5.91 Å². The summed E-state index contributed by atoms with van der Waals surface area (Å²) >= 11 is 7.81. The van der Waals surface area contributed by atoms with Gasteiger partial charge in [-0.05, 0) is 62.1 Å². The van der Waals surface area contributed by atoms with E-state index in [2.05, 4.69) is 6.92 Å². The van der Waals surface area contributed by atoms with Gasteiger partial charge in [0.1, 0.15) is 5.75 Å². The zero-order valence-corrected chi connectivity index (χ0v) is 20.2. The van der Waals surface area contributed by atoms with Crippen LogP contribution in [0.2, 0.25) is 5.02 Å². The first-order valence-electron chi connectivity index (χ1n) is 11.3. The maximum absolute atomic E-state index is 13.6. The van der Waals surface area contributed by atoms with Crippen LogP contribution >= 0.6 is 22.9 Å². The van der Waals surface area contributed by atoms with E-state index in [1.807, 2.05) is 43.3 Å². The summed E-state index contributed by atoms with van der Waals surface area (Å²) < 4.78 is 12.7. The molecule has 1 aromatic heterocycles. The number of carbonyl (C=O) groups excluding carboxylic acids is 1. The molecule has 3 aromatic rings. The second kappa shape index (κ2) is 10.6. The predicted molar refractivity (Wildman–Crippen MR) is 131 cm³/mol. The molecule has 0 radical (unpaired) electrons. The molecule has 2 heterocycles. The van der Waals surface area contributed by atoms with Gasteiger partial charge in [0, 0.05) is 17.2 Å². The number of nitrogens with zero attached hydrogens (tertiary/aromatic N) is 2. The van der Waals surface area contributed by atoms with Crippen molar-refractivity contribution >= 4 is 44.2 Å². The van der Waals surface area contributed by atoms with Crippen LogP contribution in [0.5, 0.6) is 5.75 Å². The van der Waals surface area contributed by atoms with Gasteiger partial charge in [0.2, 0.25) is 0 Å². The zero-order valence-electron chi connectivity index (χ0n) is 18.6. The van der Waals surface area contributed by atoms with Crippen LogP contribution in [-0.2, 0) is 4.74 Å². The molecule has 7 heteroatoms. The number of rotatable bonds is 9. The van der Waals surface area contributed by atoms with Gasteiger partial charge >= 0.3 is 0 Å². The fourth-order valence-corrected chi connectivity index (χ4v) is 5.05. The number of thiazole rings is 1. The monoisotopic (exact) mass is 472 g/mol. The van der Waals surface area contributed by atoms with Gasteiger partial charge in [-0.2, -0.15) is 0 Å². The number of aryl methyl sites for hydroxylation is 1. The highest BCUT2D eigenvalue weighted by atomic mass is 35.5. The average Bonchev–Trinajstić information content (AvgIpc) is 3.47. The lowest BCUT2D eigenvalue weighted by Crippen LogP contribution is -2.37. The molecule has 0 spiro atoms. The molecule has 32 heavy (non-hydrogen) atoms. The Balaban J connectivity index is 1.62. The van der Waals surface area contributed by atoms with Crippen LogP contribution < -0.4 is 9.64 Å². The molecule has 1 amide bonds. The van der Waals surface area contributed by atoms with E-state index in [9.17, 15) is 4.79 Å². The van der Waals surface area contributed by atoms with Crippen molar-refractivity contribution in [1.82, 2.24) is 4.98 Å². The molecule has 0 bridgehead atoms. The maximum Gasteiger partial charge on any atom is 0.260 e. The molecule has 4 rings (SSSR count). The highest BCUT2D eigenvalue weighted by molar-refractivity contribution is 7.22. The summed E-state index contributed by atoms with van der Waals surface area (Å²) in [6.07, 6.45) is 5.27. The average molecular weight is 473 g/mol. The highest BCUT2D eigenvalue weighted by Crippen LogP contribution is 2.35. The molecule has 1 fully saturated rings. The Bertz CT molecular complexity index is 1080. The molecule has 1 aliphatic rings. The topological polar surface area (TPSA) is 51.7 Å². The van der Waals surface area contributed by atoms with Crippen LogP contribution in [0.3, 0.4) is 0 Å². The molecular formula is C25H29ClN2O3S. The van der Waals surface area contributed by atoms with Gasteiger partial charge in [-0.15, -0.1) is 0 Å². The molecule has 0 N–H and O–H groups in total. The van der Waals surface area contributed by atoms with E-state index in [1.165, 1.54) is 11.3 Å². The second-order valence-electron chi connectivity index (χ2n) is 8.15. The summed E-state index contributed by atoms with van der Waals surface area (Å²) in [5.41, 5.74) is 2.36. The number of anilines is 1. The second-order valence-corrected chi connectivity index (χ2v) is 9.57. The van der Waals surface area contributed by atoms with E-state index < -0.39 is 0 Å². The standard InChI is InChI=1S/C25H29ClN2O3S/c1-3-4-5-13-30-19-9-6-8-18(15-19)24(29)28(16-20-10-7-14-31-20)25-27-23-17(2)21(26)11-12-22(23)32-25/h6,8-9,11-12,15,20H,3-5,7,10,13-14,16H2,1-2H3. The third-order valence-electron chi connectivity index (χ3n) is 5.72. The quantitative estimate of drug-likeness (QED) is 0.327. The number of benzene rings is 2. The maximum atomic E-state index is 13.6. The van der Waals surface area contributed by atoms with Crippen LogP contribution in [0.25, 0.3) is 10.2 Å². The van der Waals surface area contributed by atoms with E-state index in [4.69, 9.17) is 26.1 Å². The van der Waals surface area contributed by atoms with Gasteiger partial charge in [-0.25, -0.2) is 4.98 Å². The molecule has 1 atom stereocenters. The Hall–Kier alpha value is -2.15. The van der Waals surface area contributed by atoms with Crippen molar-refractivity contribution in [3.8, 4) is 5.75 Å². The van der Waals surface area contributed by atoms with Crippen molar-refractivity contribution in [2.24, 2.45) is 0 Å². The SMILES string of the molecule is CCCCCOc1cccc(C(=O)N(CC2CCCO2)c2nc3c(C)c(Cl)ccc3s2)c1. The number of carbonyl (C=O) groups is 1. The minimum Gasteiger partial charge on any atom is -0.494 e. The normalized spacial score (nSPS) is 15.9. The van der Waals surface area contributed by atoms with Gasteiger partial charge in [-0.3, -0.25) is 9.69 Å². The highest BCUT2D eigenvalue weighted by Gasteiger charge is 2.27. The van der Waals surface area contributed by atoms with Crippen LogP contribution in [0.15, 0.2) is 36.4 Å². The van der Waals surface area contributed by atoms with Gasteiger partial charge < -0.3 is 9.47 Å². The molecule has 170 valence electrons. The van der Waals surface area contributed by atoms with Crippen molar-refractivity contribution in [3.05, 3.63) is 52.5 Å². The van der Waals surface area contributed by atoms with E-state index in [-0.39, 0.29) is 12.0 Å². The van der Waals surface area contributed by atoms with Gasteiger partial charge in [-0.1, -0.05) is 48.8 Å². The van der Waals surface area contributed by atoms with E-state index >= 15 is 0 Å². The first kappa shape index (κ1) is 23.0. The molecule has 1 aliphatic heterocycles. The van der Waals surface area contributed by atoms with Crippen molar-refractivity contribution in [3.63, 3.8) is 0 Å². The third kappa shape index (κ3) is 5.25. The number of unbranched alkanes of at least 4 members (excludes halogenated alkanes) is 2. The zero-order chi connectivity index (χ0) is 22.5. The molecule has 0 saturated carbocycles. The molecule has 1 unspecified atom stereocenters. The van der Waals surface area contributed by atoms with Gasteiger partial charge in [0.05, 0.1) is 29.5 Å². The van der Waals surface area contributed by atoms with Crippen molar-refractivity contribution in [2.75, 3.05) is 24.7 Å². The summed E-state index contributed by atoms with van der Waals surface area (Å²) in [6, 6.07) is 11.3. The van der Waals surface area contributed by atoms with Crippen LogP contribution in [0.4, 0.5) is 5.13 Å². The van der Waals surface area contributed by atoms with Crippen LogP contribution in [0.1, 0.15) is 54.9 Å². The number of aromatic nitrogens is 1.